The normalized spacial score (nSPS) is 15.5. The van der Waals surface area contributed by atoms with Crippen molar-refractivity contribution in [1.82, 2.24) is 5.32 Å². The Kier molecular flexibility index (Phi) is 3.47. The molecular weight excluding hydrogens is 239 g/mol. The molecule has 1 aliphatic heterocycles. The molecular formula is C16H17FN2. The molecule has 1 fully saturated rings. The zero-order chi connectivity index (χ0) is 13.1. The Balaban J connectivity index is 1.89. The van der Waals surface area contributed by atoms with E-state index in [1.54, 1.807) is 6.07 Å². The van der Waals surface area contributed by atoms with Crippen LogP contribution in [0.1, 0.15) is 0 Å². The predicted molar refractivity (Wildman–Crippen MR) is 76.9 cm³/mol. The quantitative estimate of drug-likeness (QED) is 0.888. The minimum atomic E-state index is -0.151. The molecule has 1 saturated heterocycles. The first-order valence-electron chi connectivity index (χ1n) is 6.65. The number of rotatable bonds is 2. The third-order valence-electron chi connectivity index (χ3n) is 3.52. The van der Waals surface area contributed by atoms with Crippen molar-refractivity contribution in [3.63, 3.8) is 0 Å². The number of nitrogens with zero attached hydrogens (tertiary/aromatic N) is 1. The number of hydrogen-bond donors (Lipinski definition) is 1. The van der Waals surface area contributed by atoms with Crippen LogP contribution in [0.4, 0.5) is 10.1 Å². The molecule has 0 aliphatic carbocycles. The summed E-state index contributed by atoms with van der Waals surface area (Å²) in [6.45, 7) is 3.79. The molecule has 2 aromatic carbocycles. The van der Waals surface area contributed by atoms with Crippen LogP contribution in [0, 0.1) is 5.82 Å². The van der Waals surface area contributed by atoms with E-state index in [0.717, 1.165) is 37.4 Å². The second-order valence-electron chi connectivity index (χ2n) is 4.77. The summed E-state index contributed by atoms with van der Waals surface area (Å²) in [5, 5.41) is 3.30. The van der Waals surface area contributed by atoms with E-state index in [0.29, 0.717) is 5.56 Å². The largest absolute Gasteiger partial charge is 0.369 e. The zero-order valence-electron chi connectivity index (χ0n) is 10.8. The van der Waals surface area contributed by atoms with E-state index in [4.69, 9.17) is 0 Å². The average Bonchev–Trinajstić information content (AvgIpc) is 2.49. The van der Waals surface area contributed by atoms with Crippen molar-refractivity contribution in [3.05, 3.63) is 54.3 Å². The molecule has 1 heterocycles. The van der Waals surface area contributed by atoms with Crippen LogP contribution in [0.5, 0.6) is 0 Å². The Labute approximate surface area is 112 Å². The van der Waals surface area contributed by atoms with Gasteiger partial charge in [0.1, 0.15) is 5.82 Å². The number of nitrogens with one attached hydrogen (secondary N) is 1. The number of anilines is 1. The van der Waals surface area contributed by atoms with Crippen molar-refractivity contribution in [2.45, 2.75) is 0 Å². The minimum Gasteiger partial charge on any atom is -0.369 e. The van der Waals surface area contributed by atoms with Gasteiger partial charge >= 0.3 is 0 Å². The van der Waals surface area contributed by atoms with Gasteiger partial charge in [-0.1, -0.05) is 30.3 Å². The van der Waals surface area contributed by atoms with E-state index >= 15 is 0 Å². The topological polar surface area (TPSA) is 15.3 Å². The maximum Gasteiger partial charge on any atom is 0.133 e. The van der Waals surface area contributed by atoms with Crippen molar-refractivity contribution in [2.75, 3.05) is 31.1 Å². The fourth-order valence-corrected chi connectivity index (χ4v) is 2.48. The number of piperazine rings is 1. The van der Waals surface area contributed by atoms with Crippen LogP contribution in [-0.2, 0) is 0 Å². The predicted octanol–water partition coefficient (Wildman–Crippen LogP) is 2.90. The summed E-state index contributed by atoms with van der Waals surface area (Å²) in [6.07, 6.45) is 0. The molecule has 0 radical (unpaired) electrons. The second kappa shape index (κ2) is 5.41. The van der Waals surface area contributed by atoms with E-state index in [1.165, 1.54) is 0 Å². The van der Waals surface area contributed by atoms with E-state index < -0.39 is 0 Å². The smallest absolute Gasteiger partial charge is 0.133 e. The number of halogens is 1. The first-order chi connectivity index (χ1) is 9.34. The molecule has 98 valence electrons. The van der Waals surface area contributed by atoms with Gasteiger partial charge in [-0.25, -0.2) is 4.39 Å². The number of hydrogen-bond acceptors (Lipinski definition) is 2. The summed E-state index contributed by atoms with van der Waals surface area (Å²) in [4.78, 5) is 2.22. The van der Waals surface area contributed by atoms with Gasteiger partial charge in [-0.2, -0.15) is 0 Å². The standard InChI is InChI=1S/C16H17FN2/c17-16-12-14(19-10-8-18-9-11-19)6-7-15(16)13-4-2-1-3-5-13/h1-7,12,18H,8-11H2. The Morgan fingerprint density at radius 3 is 2.37 bits per heavy atom. The highest BCUT2D eigenvalue weighted by atomic mass is 19.1. The molecule has 2 aromatic rings. The molecule has 0 unspecified atom stereocenters. The maximum absolute atomic E-state index is 14.2. The van der Waals surface area contributed by atoms with Crippen LogP contribution in [0.15, 0.2) is 48.5 Å². The zero-order valence-corrected chi connectivity index (χ0v) is 10.8. The molecule has 3 heteroatoms. The summed E-state index contributed by atoms with van der Waals surface area (Å²) in [7, 11) is 0. The maximum atomic E-state index is 14.2. The van der Waals surface area contributed by atoms with Gasteiger partial charge < -0.3 is 10.2 Å². The molecule has 0 amide bonds. The van der Waals surface area contributed by atoms with Crippen LogP contribution >= 0.6 is 0 Å². The lowest BCUT2D eigenvalue weighted by Crippen LogP contribution is -2.43. The monoisotopic (exact) mass is 256 g/mol. The van der Waals surface area contributed by atoms with Crippen LogP contribution in [-0.4, -0.2) is 26.2 Å². The van der Waals surface area contributed by atoms with Crippen LogP contribution in [0.25, 0.3) is 11.1 Å². The average molecular weight is 256 g/mol. The summed E-state index contributed by atoms with van der Waals surface area (Å²) in [5.41, 5.74) is 2.56. The highest BCUT2D eigenvalue weighted by Gasteiger charge is 2.13. The van der Waals surface area contributed by atoms with Gasteiger partial charge in [-0.3, -0.25) is 0 Å². The third kappa shape index (κ3) is 2.61. The molecule has 0 saturated carbocycles. The summed E-state index contributed by atoms with van der Waals surface area (Å²) >= 11 is 0. The van der Waals surface area contributed by atoms with Crippen molar-refractivity contribution >= 4 is 5.69 Å². The van der Waals surface area contributed by atoms with Crippen LogP contribution in [0.3, 0.4) is 0 Å². The number of benzene rings is 2. The highest BCUT2D eigenvalue weighted by Crippen LogP contribution is 2.26. The van der Waals surface area contributed by atoms with Crippen molar-refractivity contribution in [2.24, 2.45) is 0 Å². The SMILES string of the molecule is Fc1cc(N2CCNCC2)ccc1-c1ccccc1. The lowest BCUT2D eigenvalue weighted by atomic mass is 10.0. The first-order valence-corrected chi connectivity index (χ1v) is 6.65. The van der Waals surface area contributed by atoms with Gasteiger partial charge in [-0.15, -0.1) is 0 Å². The first kappa shape index (κ1) is 12.2. The van der Waals surface area contributed by atoms with Gasteiger partial charge in [0.05, 0.1) is 0 Å². The Bertz CT molecular complexity index is 548. The van der Waals surface area contributed by atoms with Gasteiger partial charge in [0.25, 0.3) is 0 Å². The van der Waals surface area contributed by atoms with E-state index in [2.05, 4.69) is 10.2 Å². The van der Waals surface area contributed by atoms with E-state index in [1.807, 2.05) is 42.5 Å². The molecule has 1 aliphatic rings. The van der Waals surface area contributed by atoms with E-state index in [9.17, 15) is 4.39 Å². The third-order valence-corrected chi connectivity index (χ3v) is 3.52. The van der Waals surface area contributed by atoms with Crippen molar-refractivity contribution < 1.29 is 4.39 Å². The summed E-state index contributed by atoms with van der Waals surface area (Å²) in [5.74, 6) is -0.151. The molecule has 0 atom stereocenters. The molecule has 2 nitrogen and oxygen atoms in total. The summed E-state index contributed by atoms with van der Waals surface area (Å²) < 4.78 is 14.2. The van der Waals surface area contributed by atoms with Crippen LogP contribution in [0.2, 0.25) is 0 Å². The Morgan fingerprint density at radius 1 is 0.947 bits per heavy atom. The molecule has 0 bridgehead atoms. The van der Waals surface area contributed by atoms with E-state index in [-0.39, 0.29) is 5.82 Å². The van der Waals surface area contributed by atoms with Crippen molar-refractivity contribution in [3.8, 4) is 11.1 Å². The Hall–Kier alpha value is -1.87. The second-order valence-corrected chi connectivity index (χ2v) is 4.77. The summed E-state index contributed by atoms with van der Waals surface area (Å²) in [6, 6.07) is 15.2. The van der Waals surface area contributed by atoms with Gasteiger partial charge in [0, 0.05) is 37.4 Å². The lowest BCUT2D eigenvalue weighted by Gasteiger charge is -2.29. The Morgan fingerprint density at radius 2 is 1.68 bits per heavy atom. The van der Waals surface area contributed by atoms with Gasteiger partial charge in [0.2, 0.25) is 0 Å². The highest BCUT2D eigenvalue weighted by molar-refractivity contribution is 5.67. The van der Waals surface area contributed by atoms with Crippen LogP contribution < -0.4 is 10.2 Å². The molecule has 0 spiro atoms. The fourth-order valence-electron chi connectivity index (χ4n) is 2.48. The minimum absolute atomic E-state index is 0.151. The fraction of sp³-hybridized carbons (Fsp3) is 0.250. The van der Waals surface area contributed by atoms with Crippen molar-refractivity contribution in [1.29, 1.82) is 0 Å². The molecule has 3 rings (SSSR count). The van der Waals surface area contributed by atoms with Gasteiger partial charge in [0.15, 0.2) is 0 Å². The molecule has 19 heavy (non-hydrogen) atoms. The molecule has 0 aromatic heterocycles. The van der Waals surface area contributed by atoms with Gasteiger partial charge in [-0.05, 0) is 23.8 Å². The molecule has 1 N–H and O–H groups in total. The lowest BCUT2D eigenvalue weighted by molar-refractivity contribution is 0.585.